The maximum atomic E-state index is 12.6. The molecule has 0 aromatic carbocycles. The quantitative estimate of drug-likeness (QED) is 0.252. The third-order valence-electron chi connectivity index (χ3n) is 10.9. The number of hydrogen-bond acceptors (Lipinski definition) is 6. The summed E-state index contributed by atoms with van der Waals surface area (Å²) in [6.45, 7) is 11.9. The van der Waals surface area contributed by atoms with Crippen molar-refractivity contribution in [1.82, 2.24) is 0 Å². The summed E-state index contributed by atoms with van der Waals surface area (Å²) >= 11 is 0. The molecule has 4 aliphatic rings. The maximum Gasteiger partial charge on any atom is 0.335 e. The summed E-state index contributed by atoms with van der Waals surface area (Å²) in [6, 6.07) is -0.312. The molecule has 0 amide bonds. The van der Waals surface area contributed by atoms with Crippen LogP contribution in [0.1, 0.15) is 80.1 Å². The lowest BCUT2D eigenvalue weighted by Gasteiger charge is -2.68. The van der Waals surface area contributed by atoms with Gasteiger partial charge in [0.15, 0.2) is 0 Å². The molecule has 4 rings (SSSR count). The minimum atomic E-state index is -1.06. The number of allylic oxidation sites excluding steroid dienone is 3. The fourth-order valence-corrected chi connectivity index (χ4v) is 9.19. The second-order valence-electron chi connectivity index (χ2n) is 13.1. The number of aliphatic hydroxyl groups is 2. The van der Waals surface area contributed by atoms with Gasteiger partial charge in [-0.2, -0.15) is 0 Å². The van der Waals surface area contributed by atoms with Crippen LogP contribution in [0.3, 0.4) is 0 Å². The van der Waals surface area contributed by atoms with Crippen molar-refractivity contribution in [3.63, 3.8) is 0 Å². The predicted molar refractivity (Wildman–Crippen MR) is 141 cm³/mol. The van der Waals surface area contributed by atoms with Crippen molar-refractivity contribution in [2.75, 3.05) is 0 Å². The maximum absolute atomic E-state index is 12.6. The fraction of sp³-hybridized carbons (Fsp3) is 0.733. The van der Waals surface area contributed by atoms with Crippen molar-refractivity contribution in [1.29, 1.82) is 0 Å². The van der Waals surface area contributed by atoms with Crippen LogP contribution in [-0.2, 0) is 14.3 Å². The van der Waals surface area contributed by atoms with Crippen LogP contribution in [-0.4, -0.2) is 51.6 Å². The van der Waals surface area contributed by atoms with E-state index in [1.807, 2.05) is 19.9 Å². The Morgan fingerprint density at radius 1 is 1.03 bits per heavy atom. The van der Waals surface area contributed by atoms with E-state index in [9.17, 15) is 24.9 Å². The van der Waals surface area contributed by atoms with E-state index in [1.165, 1.54) is 6.92 Å². The molecule has 0 saturated heterocycles. The van der Waals surface area contributed by atoms with Crippen molar-refractivity contribution < 1.29 is 29.6 Å². The molecule has 206 valence electrons. The summed E-state index contributed by atoms with van der Waals surface area (Å²) in [7, 11) is 0. The van der Waals surface area contributed by atoms with E-state index in [1.54, 1.807) is 12.2 Å². The van der Waals surface area contributed by atoms with E-state index in [0.29, 0.717) is 24.8 Å². The molecular weight excluding hydrogens is 470 g/mol. The number of carboxylic acid groups (broad SMARTS) is 1. The Balaban J connectivity index is 1.86. The van der Waals surface area contributed by atoms with Gasteiger partial charge in [0.2, 0.25) is 0 Å². The summed E-state index contributed by atoms with van der Waals surface area (Å²) in [5, 5.41) is 32.6. The van der Waals surface area contributed by atoms with Gasteiger partial charge >= 0.3 is 11.9 Å². The number of carbonyl (C=O) groups is 2. The van der Waals surface area contributed by atoms with Crippen molar-refractivity contribution >= 4 is 11.9 Å². The number of esters is 1. The number of rotatable bonds is 4. The van der Waals surface area contributed by atoms with Gasteiger partial charge in [-0.05, 0) is 98.0 Å². The highest BCUT2D eigenvalue weighted by Gasteiger charge is 2.71. The molecule has 0 spiro atoms. The van der Waals surface area contributed by atoms with Crippen molar-refractivity contribution in [2.45, 2.75) is 104 Å². The van der Waals surface area contributed by atoms with Gasteiger partial charge in [-0.3, -0.25) is 4.79 Å². The van der Waals surface area contributed by atoms with Crippen LogP contribution in [0.25, 0.3) is 0 Å². The van der Waals surface area contributed by atoms with Gasteiger partial charge in [-0.25, -0.2) is 4.79 Å². The third kappa shape index (κ3) is 4.31. The monoisotopic (exact) mass is 515 g/mol. The Bertz CT molecular complexity index is 1040. The number of nitrogens with two attached hydrogens (primary N) is 1. The normalized spacial score (nSPS) is 46.5. The van der Waals surface area contributed by atoms with Gasteiger partial charge in [-0.1, -0.05) is 38.5 Å². The lowest BCUT2D eigenvalue weighted by atomic mass is 9.37. The van der Waals surface area contributed by atoms with Gasteiger partial charge in [0.25, 0.3) is 0 Å². The molecule has 0 aromatic heterocycles. The molecule has 0 aromatic rings. The molecule has 0 bridgehead atoms. The molecule has 1 unspecified atom stereocenters. The highest BCUT2D eigenvalue weighted by atomic mass is 16.5. The smallest absolute Gasteiger partial charge is 0.335 e. The molecule has 0 radical (unpaired) electrons. The zero-order valence-corrected chi connectivity index (χ0v) is 23.2. The van der Waals surface area contributed by atoms with E-state index in [4.69, 9.17) is 10.5 Å². The van der Waals surface area contributed by atoms with E-state index < -0.39 is 30.3 Å². The van der Waals surface area contributed by atoms with E-state index in [0.717, 1.165) is 24.8 Å². The van der Waals surface area contributed by atoms with Gasteiger partial charge in [0.05, 0.1) is 17.8 Å². The minimum Gasteiger partial charge on any atom is -0.478 e. The second kappa shape index (κ2) is 9.65. The van der Waals surface area contributed by atoms with Crippen LogP contribution in [0.15, 0.2) is 34.9 Å². The molecule has 7 heteroatoms. The lowest BCUT2D eigenvalue weighted by Crippen LogP contribution is -2.67. The number of carbonyl (C=O) groups excluding carboxylic acids is 1. The summed E-state index contributed by atoms with van der Waals surface area (Å²) < 4.78 is 5.82. The van der Waals surface area contributed by atoms with Crippen LogP contribution in [0.5, 0.6) is 0 Å². The standard InChI is InChI=1S/C30H45NO6/c1-16(2)8-7-9-18(27(35)36)24-20-14-22(34)26-28(4)12-11-21(33)25(31)19(28)10-13-29(26,5)30(20,6)15-23(24)37-17(3)32/h7-9,19-23,25-26,33-34H,10-15,31H2,1-6H3,(H,35,36)/b9-7-,24-18-/t19-,20?,21+,22+,23-,25-,26-,28-,29-,30-/m0/s1. The molecule has 5 N–H and O–H groups in total. The van der Waals surface area contributed by atoms with Crippen LogP contribution in [0, 0.1) is 34.0 Å². The number of hydrogen-bond donors (Lipinski definition) is 4. The number of carboxylic acids is 1. The van der Waals surface area contributed by atoms with Gasteiger partial charge in [-0.15, -0.1) is 0 Å². The van der Waals surface area contributed by atoms with Crippen LogP contribution >= 0.6 is 0 Å². The van der Waals surface area contributed by atoms with E-state index >= 15 is 0 Å². The zero-order valence-electron chi connectivity index (χ0n) is 23.2. The van der Waals surface area contributed by atoms with Crippen molar-refractivity contribution in [3.05, 3.63) is 34.9 Å². The first-order chi connectivity index (χ1) is 17.2. The largest absolute Gasteiger partial charge is 0.478 e. The predicted octanol–water partition coefficient (Wildman–Crippen LogP) is 4.13. The molecule has 4 fully saturated rings. The van der Waals surface area contributed by atoms with Gasteiger partial charge in [0, 0.05) is 13.0 Å². The van der Waals surface area contributed by atoms with E-state index in [2.05, 4.69) is 20.8 Å². The Morgan fingerprint density at radius 2 is 1.70 bits per heavy atom. The first-order valence-electron chi connectivity index (χ1n) is 13.7. The Kier molecular flexibility index (Phi) is 7.32. The number of ether oxygens (including phenoxy) is 1. The summed E-state index contributed by atoms with van der Waals surface area (Å²) in [4.78, 5) is 24.7. The lowest BCUT2D eigenvalue weighted by molar-refractivity contribution is -0.227. The topological polar surface area (TPSA) is 130 Å². The number of fused-ring (bicyclic) bond motifs is 5. The molecule has 7 nitrogen and oxygen atoms in total. The van der Waals surface area contributed by atoms with Gasteiger partial charge < -0.3 is 25.8 Å². The average Bonchev–Trinajstić information content (AvgIpc) is 3.05. The Hall–Kier alpha value is -1.96. The van der Waals surface area contributed by atoms with Gasteiger partial charge in [0.1, 0.15) is 6.10 Å². The third-order valence-corrected chi connectivity index (χ3v) is 10.9. The van der Waals surface area contributed by atoms with Crippen LogP contribution in [0.2, 0.25) is 0 Å². The van der Waals surface area contributed by atoms with Crippen molar-refractivity contribution in [2.24, 2.45) is 39.7 Å². The number of aliphatic hydroxyl groups excluding tert-OH is 2. The minimum absolute atomic E-state index is 0.0506. The molecule has 37 heavy (non-hydrogen) atoms. The zero-order chi connectivity index (χ0) is 27.5. The summed E-state index contributed by atoms with van der Waals surface area (Å²) in [5.74, 6) is -1.66. The molecule has 0 heterocycles. The average molecular weight is 516 g/mol. The Morgan fingerprint density at radius 3 is 2.30 bits per heavy atom. The second-order valence-corrected chi connectivity index (χ2v) is 13.1. The van der Waals surface area contributed by atoms with Crippen LogP contribution < -0.4 is 5.73 Å². The Labute approximate surface area is 220 Å². The SMILES string of the molecule is CC(=O)O[C@H]1C[C@@]2(C)C(C[C@@H](O)[C@H]3[C@@]4(C)CC[C@@H](O)[C@@H](N)[C@@H]4CC[C@@]32C)/C1=C(\C=C/C=C(C)C)C(=O)O. The highest BCUT2D eigenvalue weighted by Crippen LogP contribution is 2.74. The molecule has 0 aliphatic heterocycles. The first kappa shape index (κ1) is 28.1. The highest BCUT2D eigenvalue weighted by molar-refractivity contribution is 5.91. The fourth-order valence-electron chi connectivity index (χ4n) is 9.19. The van der Waals surface area contributed by atoms with Crippen molar-refractivity contribution in [3.8, 4) is 0 Å². The number of aliphatic carboxylic acids is 1. The summed E-state index contributed by atoms with van der Waals surface area (Å²) in [6.07, 6.45) is 7.38. The molecule has 4 saturated carbocycles. The molecule has 4 aliphatic carbocycles. The van der Waals surface area contributed by atoms with E-state index in [-0.39, 0.29) is 45.6 Å². The van der Waals surface area contributed by atoms with Crippen LogP contribution in [0.4, 0.5) is 0 Å². The molecule has 10 atom stereocenters. The first-order valence-corrected chi connectivity index (χ1v) is 13.7. The summed E-state index contributed by atoms with van der Waals surface area (Å²) in [5.41, 5.74) is 7.40. The molecular formula is C30H45NO6.